The number of hydrogen-bond donors (Lipinski definition) is 2. The van der Waals surface area contributed by atoms with Gasteiger partial charge in [-0.05, 0) is 12.8 Å². The van der Waals surface area contributed by atoms with Crippen molar-refractivity contribution >= 4 is 34.7 Å². The van der Waals surface area contributed by atoms with Crippen LogP contribution in [0.15, 0.2) is 23.8 Å². The Morgan fingerprint density at radius 1 is 1.33 bits per heavy atom. The number of rotatable bonds is 2. The first-order valence-electron chi connectivity index (χ1n) is 8.02. The van der Waals surface area contributed by atoms with Crippen LogP contribution >= 0.6 is 11.8 Å². The van der Waals surface area contributed by atoms with Crippen LogP contribution in [-0.2, 0) is 4.79 Å². The fourth-order valence-electron chi connectivity index (χ4n) is 3.10. The Morgan fingerprint density at radius 3 is 3.12 bits per heavy atom. The van der Waals surface area contributed by atoms with Crippen LogP contribution in [0.25, 0.3) is 11.2 Å². The van der Waals surface area contributed by atoms with Gasteiger partial charge < -0.3 is 20.5 Å². The molecule has 0 aliphatic carbocycles. The third-order valence-corrected chi connectivity index (χ3v) is 5.27. The Morgan fingerprint density at radius 2 is 2.25 bits per heavy atom. The fourth-order valence-corrected chi connectivity index (χ4v) is 4.06. The van der Waals surface area contributed by atoms with E-state index in [1.54, 1.807) is 18.1 Å². The van der Waals surface area contributed by atoms with E-state index in [9.17, 15) is 4.79 Å². The number of anilines is 1. The van der Waals surface area contributed by atoms with Gasteiger partial charge >= 0.3 is 0 Å². The van der Waals surface area contributed by atoms with Crippen LogP contribution in [0.4, 0.5) is 5.82 Å². The summed E-state index contributed by atoms with van der Waals surface area (Å²) in [6.45, 7) is 2.20. The second-order valence-corrected chi connectivity index (χ2v) is 7.12. The summed E-state index contributed by atoms with van der Waals surface area (Å²) in [6, 6.07) is 0.0828. The van der Waals surface area contributed by atoms with E-state index in [-0.39, 0.29) is 11.9 Å². The van der Waals surface area contributed by atoms with Crippen molar-refractivity contribution in [3.8, 4) is 0 Å². The third kappa shape index (κ3) is 2.84. The van der Waals surface area contributed by atoms with Gasteiger partial charge in [0, 0.05) is 37.6 Å². The number of nitrogens with one attached hydrogen (secondary N) is 1. The zero-order chi connectivity index (χ0) is 16.5. The van der Waals surface area contributed by atoms with E-state index in [1.807, 2.05) is 16.0 Å². The normalized spacial score (nSPS) is 21.9. The Labute approximate surface area is 143 Å². The summed E-state index contributed by atoms with van der Waals surface area (Å²) in [4.78, 5) is 33.1. The average Bonchev–Trinajstić information content (AvgIpc) is 3.10. The highest BCUT2D eigenvalue weighted by molar-refractivity contribution is 8.04. The molecule has 2 aromatic rings. The second-order valence-electron chi connectivity index (χ2n) is 5.99. The highest BCUT2D eigenvalue weighted by Crippen LogP contribution is 2.29. The average molecular weight is 345 g/mol. The van der Waals surface area contributed by atoms with Crippen LogP contribution in [0, 0.1) is 0 Å². The molecular weight excluding hydrogens is 326 g/mol. The van der Waals surface area contributed by atoms with Crippen molar-refractivity contribution in [2.24, 2.45) is 5.73 Å². The molecule has 4 heterocycles. The predicted octanol–water partition coefficient (Wildman–Crippen LogP) is 0.697. The van der Waals surface area contributed by atoms with Gasteiger partial charge in [0.1, 0.15) is 11.8 Å². The molecule has 9 heteroatoms. The van der Waals surface area contributed by atoms with Crippen LogP contribution in [0.1, 0.15) is 12.8 Å². The number of carbonyl (C=O) groups is 1. The van der Waals surface area contributed by atoms with Crippen molar-refractivity contribution in [1.29, 1.82) is 0 Å². The minimum absolute atomic E-state index is 0.0646. The number of fused-ring (bicyclic) bond motifs is 1. The van der Waals surface area contributed by atoms with Crippen molar-refractivity contribution < 1.29 is 4.79 Å². The molecule has 2 aliphatic rings. The van der Waals surface area contributed by atoms with Gasteiger partial charge in [0.25, 0.3) is 5.91 Å². The summed E-state index contributed by atoms with van der Waals surface area (Å²) < 4.78 is 0. The first-order valence-corrected chi connectivity index (χ1v) is 9.01. The first-order chi connectivity index (χ1) is 11.7. The number of carbonyl (C=O) groups excluding carboxylic acids is 1. The maximum atomic E-state index is 12.8. The number of amides is 1. The summed E-state index contributed by atoms with van der Waals surface area (Å²) in [6.07, 6.45) is 6.95. The summed E-state index contributed by atoms with van der Waals surface area (Å²) in [5, 5.41) is 0. The number of likely N-dealkylation sites (tertiary alicyclic amines) is 1. The van der Waals surface area contributed by atoms with Gasteiger partial charge in [-0.3, -0.25) is 4.79 Å². The topological polar surface area (TPSA) is 104 Å². The maximum absolute atomic E-state index is 12.8. The highest BCUT2D eigenvalue weighted by Gasteiger charge is 2.27. The van der Waals surface area contributed by atoms with Crippen LogP contribution in [0.3, 0.4) is 0 Å². The molecule has 0 bridgehead atoms. The van der Waals surface area contributed by atoms with E-state index in [1.165, 1.54) is 6.33 Å². The molecule has 0 aromatic carbocycles. The van der Waals surface area contributed by atoms with Crippen molar-refractivity contribution in [1.82, 2.24) is 24.8 Å². The number of aromatic nitrogens is 4. The molecule has 3 N–H and O–H groups in total. The zero-order valence-corrected chi connectivity index (χ0v) is 14.0. The number of H-pyrrole nitrogens is 1. The van der Waals surface area contributed by atoms with E-state index in [4.69, 9.17) is 5.73 Å². The van der Waals surface area contributed by atoms with Gasteiger partial charge in [-0.25, -0.2) is 15.0 Å². The van der Waals surface area contributed by atoms with Gasteiger partial charge in [0.15, 0.2) is 11.5 Å². The molecule has 0 spiro atoms. The van der Waals surface area contributed by atoms with Crippen LogP contribution < -0.4 is 10.6 Å². The second kappa shape index (κ2) is 6.40. The lowest BCUT2D eigenvalue weighted by molar-refractivity contribution is -0.127. The molecule has 8 nitrogen and oxygen atoms in total. The Balaban J connectivity index is 1.61. The lowest BCUT2D eigenvalue weighted by atomic mass is 10.1. The number of aromatic amines is 1. The number of piperidine rings is 1. The Bertz CT molecular complexity index is 789. The molecule has 0 saturated carbocycles. The monoisotopic (exact) mass is 345 g/mol. The lowest BCUT2D eigenvalue weighted by Gasteiger charge is -2.33. The number of nitrogens with zero attached hydrogens (tertiary/aromatic N) is 5. The van der Waals surface area contributed by atoms with Crippen molar-refractivity contribution in [2.45, 2.75) is 18.9 Å². The number of imidazole rings is 1. The van der Waals surface area contributed by atoms with E-state index in [0.717, 1.165) is 47.9 Å². The highest BCUT2D eigenvalue weighted by atomic mass is 32.2. The molecule has 2 aliphatic heterocycles. The standard InChI is InChI=1S/C15H19N7OS/c16-10-2-1-3-22(6-10)15(23)11-7-21(4-5-24-11)14-12-13(18-8-17-12)19-9-20-14/h7-10H,1-6,16H2,(H,17,18,19,20)/t10-/m0/s1. The molecule has 4 rings (SSSR count). The molecule has 2 aromatic heterocycles. The molecular formula is C15H19N7OS. The van der Waals surface area contributed by atoms with Gasteiger partial charge in [0.05, 0.1) is 11.2 Å². The minimum atomic E-state index is 0.0646. The van der Waals surface area contributed by atoms with Crippen molar-refractivity contribution in [3.05, 3.63) is 23.8 Å². The molecule has 1 amide bonds. The van der Waals surface area contributed by atoms with E-state index in [2.05, 4.69) is 19.9 Å². The van der Waals surface area contributed by atoms with Crippen LogP contribution in [0.2, 0.25) is 0 Å². The molecule has 0 unspecified atom stereocenters. The molecule has 1 fully saturated rings. The van der Waals surface area contributed by atoms with Gasteiger partial charge in [0.2, 0.25) is 0 Å². The predicted molar refractivity (Wildman–Crippen MR) is 93.4 cm³/mol. The number of hydrogen-bond acceptors (Lipinski definition) is 7. The lowest BCUT2D eigenvalue weighted by Crippen LogP contribution is -2.46. The van der Waals surface area contributed by atoms with Crippen LogP contribution in [-0.4, -0.2) is 62.2 Å². The minimum Gasteiger partial charge on any atom is -0.340 e. The van der Waals surface area contributed by atoms with Crippen molar-refractivity contribution in [3.63, 3.8) is 0 Å². The van der Waals surface area contributed by atoms with Crippen molar-refractivity contribution in [2.75, 3.05) is 30.3 Å². The van der Waals surface area contributed by atoms with Gasteiger partial charge in [-0.15, -0.1) is 11.8 Å². The van der Waals surface area contributed by atoms with E-state index < -0.39 is 0 Å². The molecule has 0 radical (unpaired) electrons. The Kier molecular flexibility index (Phi) is 4.11. The molecule has 24 heavy (non-hydrogen) atoms. The zero-order valence-electron chi connectivity index (χ0n) is 13.2. The molecule has 1 saturated heterocycles. The van der Waals surface area contributed by atoms with Gasteiger partial charge in [-0.2, -0.15) is 0 Å². The summed E-state index contributed by atoms with van der Waals surface area (Å²) in [5.74, 6) is 1.64. The van der Waals surface area contributed by atoms with Crippen LogP contribution in [0.5, 0.6) is 0 Å². The molecule has 1 atom stereocenters. The van der Waals surface area contributed by atoms with E-state index >= 15 is 0 Å². The summed E-state index contributed by atoms with van der Waals surface area (Å²) in [5.41, 5.74) is 7.41. The SMILES string of the molecule is N[C@H]1CCCN(C(=O)C2=CN(c3ncnc4nc[nH]c34)CCS2)C1. The maximum Gasteiger partial charge on any atom is 0.261 e. The fraction of sp³-hybridized carbons (Fsp3) is 0.467. The quantitative estimate of drug-likeness (QED) is 0.825. The number of thioether (sulfide) groups is 1. The van der Waals surface area contributed by atoms with Gasteiger partial charge in [-0.1, -0.05) is 0 Å². The Hall–Kier alpha value is -2.13. The summed E-state index contributed by atoms with van der Waals surface area (Å²) in [7, 11) is 0. The third-order valence-electron chi connectivity index (χ3n) is 4.29. The van der Waals surface area contributed by atoms with E-state index in [0.29, 0.717) is 12.2 Å². The summed E-state index contributed by atoms with van der Waals surface area (Å²) >= 11 is 1.59. The largest absolute Gasteiger partial charge is 0.340 e. The number of nitrogens with two attached hydrogens (primary N) is 1. The first kappa shape index (κ1) is 15.4. The smallest absolute Gasteiger partial charge is 0.261 e. The molecule has 126 valence electrons.